The fourth-order valence-corrected chi connectivity index (χ4v) is 2.08. The predicted octanol–water partition coefficient (Wildman–Crippen LogP) is 3.82. The molecule has 1 unspecified atom stereocenters. The Hall–Kier alpha value is -0.330. The van der Waals surface area contributed by atoms with E-state index in [1.807, 2.05) is 0 Å². The molecule has 1 atom stereocenters. The molecule has 0 aromatic carbocycles. The Kier molecular flexibility index (Phi) is 4.64. The number of hydrogen-bond donors (Lipinski definition) is 0. The number of hydrogen-bond acceptors (Lipinski definition) is 1. The molecule has 0 bridgehead atoms. The molecule has 0 spiro atoms. The van der Waals surface area contributed by atoms with Crippen LogP contribution in [0.3, 0.4) is 0 Å². The summed E-state index contributed by atoms with van der Waals surface area (Å²) < 4.78 is 0. The molecule has 1 nitrogen and oxygen atoms in total. The summed E-state index contributed by atoms with van der Waals surface area (Å²) in [5, 5.41) is 0. The topological polar surface area (TPSA) is 17.1 Å². The van der Waals surface area contributed by atoms with Gasteiger partial charge in [-0.25, -0.2) is 0 Å². The van der Waals surface area contributed by atoms with Gasteiger partial charge in [-0.3, -0.25) is 4.79 Å². The average Bonchev–Trinajstić information content (AvgIpc) is 2.86. The number of Topliss-reactive ketones (excluding diaryl/α,β-unsaturated/α-hetero) is 1. The molecule has 0 heterocycles. The van der Waals surface area contributed by atoms with Crippen molar-refractivity contribution in [3.05, 3.63) is 0 Å². The van der Waals surface area contributed by atoms with Crippen LogP contribution in [0, 0.1) is 17.8 Å². The van der Waals surface area contributed by atoms with Crippen molar-refractivity contribution in [1.29, 1.82) is 0 Å². The van der Waals surface area contributed by atoms with Crippen LogP contribution in [0.15, 0.2) is 0 Å². The summed E-state index contributed by atoms with van der Waals surface area (Å²) in [6.07, 6.45) is 6.98. The average molecular weight is 196 g/mol. The summed E-state index contributed by atoms with van der Waals surface area (Å²) in [6, 6.07) is 0. The van der Waals surface area contributed by atoms with Gasteiger partial charge in [-0.1, -0.05) is 40.0 Å². The second kappa shape index (κ2) is 5.53. The van der Waals surface area contributed by atoms with Crippen molar-refractivity contribution in [2.24, 2.45) is 17.8 Å². The Morgan fingerprint density at radius 2 is 2.00 bits per heavy atom. The van der Waals surface area contributed by atoms with Crippen molar-refractivity contribution in [1.82, 2.24) is 0 Å². The van der Waals surface area contributed by atoms with Gasteiger partial charge in [0.25, 0.3) is 0 Å². The molecular formula is C13H24O. The van der Waals surface area contributed by atoms with Crippen molar-refractivity contribution in [3.8, 4) is 0 Å². The lowest BCUT2D eigenvalue weighted by Gasteiger charge is -2.15. The molecule has 14 heavy (non-hydrogen) atoms. The first-order valence-electron chi connectivity index (χ1n) is 6.16. The lowest BCUT2D eigenvalue weighted by molar-refractivity contribution is -0.124. The maximum Gasteiger partial charge on any atom is 0.136 e. The van der Waals surface area contributed by atoms with E-state index in [1.54, 1.807) is 0 Å². The zero-order valence-corrected chi connectivity index (χ0v) is 9.88. The normalized spacial score (nSPS) is 18.6. The minimum atomic E-state index is 0.384. The molecule has 1 aliphatic rings. The van der Waals surface area contributed by atoms with Gasteiger partial charge in [-0.05, 0) is 24.7 Å². The highest BCUT2D eigenvalue weighted by Crippen LogP contribution is 2.37. The van der Waals surface area contributed by atoms with Crippen LogP contribution in [0.5, 0.6) is 0 Å². The van der Waals surface area contributed by atoms with Gasteiger partial charge in [0.15, 0.2) is 0 Å². The van der Waals surface area contributed by atoms with E-state index in [4.69, 9.17) is 0 Å². The van der Waals surface area contributed by atoms with Gasteiger partial charge >= 0.3 is 0 Å². The summed E-state index contributed by atoms with van der Waals surface area (Å²) in [7, 11) is 0. The second-order valence-electron chi connectivity index (χ2n) is 5.23. The Morgan fingerprint density at radius 1 is 1.36 bits per heavy atom. The second-order valence-corrected chi connectivity index (χ2v) is 5.23. The smallest absolute Gasteiger partial charge is 0.136 e. The van der Waals surface area contributed by atoms with Gasteiger partial charge in [0.2, 0.25) is 0 Å². The van der Waals surface area contributed by atoms with Crippen molar-refractivity contribution in [2.75, 3.05) is 0 Å². The van der Waals surface area contributed by atoms with Crippen molar-refractivity contribution >= 4 is 5.78 Å². The maximum atomic E-state index is 11.9. The van der Waals surface area contributed by atoms with E-state index in [0.29, 0.717) is 17.6 Å². The van der Waals surface area contributed by atoms with E-state index in [1.165, 1.54) is 19.3 Å². The largest absolute Gasteiger partial charge is 0.299 e. The van der Waals surface area contributed by atoms with Crippen LogP contribution in [0.4, 0.5) is 0 Å². The Labute approximate surface area is 88.3 Å². The number of carbonyl (C=O) groups is 1. The number of carbonyl (C=O) groups excluding carboxylic acids is 1. The van der Waals surface area contributed by atoms with Gasteiger partial charge in [0.1, 0.15) is 5.78 Å². The number of ketones is 1. The van der Waals surface area contributed by atoms with Crippen LogP contribution >= 0.6 is 0 Å². The van der Waals surface area contributed by atoms with Crippen LogP contribution in [0.2, 0.25) is 0 Å². The van der Waals surface area contributed by atoms with E-state index < -0.39 is 0 Å². The fraction of sp³-hybridized carbons (Fsp3) is 0.923. The molecule has 0 aliphatic heterocycles. The van der Waals surface area contributed by atoms with Crippen molar-refractivity contribution in [2.45, 2.75) is 59.3 Å². The molecule has 1 aliphatic carbocycles. The molecule has 82 valence electrons. The predicted molar refractivity (Wildman–Crippen MR) is 60.2 cm³/mol. The summed E-state index contributed by atoms with van der Waals surface area (Å²) in [6.45, 7) is 6.46. The van der Waals surface area contributed by atoms with Gasteiger partial charge in [-0.2, -0.15) is 0 Å². The lowest BCUT2D eigenvalue weighted by atomic mass is 9.88. The molecule has 0 amide bonds. The zero-order chi connectivity index (χ0) is 10.6. The van der Waals surface area contributed by atoms with Crippen LogP contribution < -0.4 is 0 Å². The van der Waals surface area contributed by atoms with E-state index in [2.05, 4.69) is 20.8 Å². The van der Waals surface area contributed by atoms with E-state index in [9.17, 15) is 4.79 Å². The number of rotatable bonds is 7. The third-order valence-electron chi connectivity index (χ3n) is 3.02. The van der Waals surface area contributed by atoms with Gasteiger partial charge < -0.3 is 0 Å². The van der Waals surface area contributed by atoms with Crippen molar-refractivity contribution < 1.29 is 4.79 Å². The molecule has 0 N–H and O–H groups in total. The third-order valence-corrected chi connectivity index (χ3v) is 3.02. The first kappa shape index (κ1) is 11.7. The van der Waals surface area contributed by atoms with Gasteiger partial charge in [-0.15, -0.1) is 0 Å². The Morgan fingerprint density at radius 3 is 2.43 bits per heavy atom. The molecule has 1 rings (SSSR count). The maximum absolute atomic E-state index is 11.9. The zero-order valence-electron chi connectivity index (χ0n) is 9.88. The lowest BCUT2D eigenvalue weighted by Crippen LogP contribution is -2.17. The Balaban J connectivity index is 2.34. The van der Waals surface area contributed by atoms with Gasteiger partial charge in [0, 0.05) is 12.3 Å². The monoisotopic (exact) mass is 196 g/mol. The highest BCUT2D eigenvalue weighted by Gasteiger charge is 2.28. The van der Waals surface area contributed by atoms with E-state index >= 15 is 0 Å². The highest BCUT2D eigenvalue weighted by molar-refractivity contribution is 5.81. The van der Waals surface area contributed by atoms with Crippen LogP contribution in [-0.4, -0.2) is 5.78 Å². The summed E-state index contributed by atoms with van der Waals surface area (Å²) >= 11 is 0. The van der Waals surface area contributed by atoms with Crippen LogP contribution in [-0.2, 0) is 4.79 Å². The first-order valence-corrected chi connectivity index (χ1v) is 6.16. The van der Waals surface area contributed by atoms with E-state index in [0.717, 1.165) is 25.2 Å². The minimum Gasteiger partial charge on any atom is -0.299 e. The first-order chi connectivity index (χ1) is 6.63. The molecule has 0 saturated heterocycles. The third kappa shape index (κ3) is 4.26. The van der Waals surface area contributed by atoms with E-state index in [-0.39, 0.29) is 0 Å². The molecule has 1 fully saturated rings. The molecule has 1 heteroatoms. The molecule has 0 radical (unpaired) electrons. The molecule has 0 aromatic rings. The van der Waals surface area contributed by atoms with Crippen molar-refractivity contribution in [3.63, 3.8) is 0 Å². The fourth-order valence-electron chi connectivity index (χ4n) is 2.08. The standard InChI is InChI=1S/C13H24O/c1-4-5-12(9-11-6-7-11)13(14)8-10(2)3/h10-12H,4-9H2,1-3H3. The Bertz CT molecular complexity index is 180. The molecular weight excluding hydrogens is 172 g/mol. The summed E-state index contributed by atoms with van der Waals surface area (Å²) in [5.74, 6) is 2.33. The van der Waals surface area contributed by atoms with Crippen LogP contribution in [0.25, 0.3) is 0 Å². The molecule has 1 saturated carbocycles. The summed E-state index contributed by atoms with van der Waals surface area (Å²) in [4.78, 5) is 11.9. The van der Waals surface area contributed by atoms with Crippen LogP contribution in [0.1, 0.15) is 59.3 Å². The SMILES string of the molecule is CCCC(CC1CC1)C(=O)CC(C)C. The molecule has 0 aromatic heterocycles. The highest BCUT2D eigenvalue weighted by atomic mass is 16.1. The minimum absolute atomic E-state index is 0.384. The summed E-state index contributed by atoms with van der Waals surface area (Å²) in [5.41, 5.74) is 0. The van der Waals surface area contributed by atoms with Gasteiger partial charge in [0.05, 0.1) is 0 Å². The quantitative estimate of drug-likeness (QED) is 0.605.